The SMILES string of the molecule is Cc1ccccc1NC(=O)c1c(-c2ccco2)noc1C. The molecular weight excluding hydrogens is 268 g/mol. The van der Waals surface area contributed by atoms with E-state index in [1.807, 2.05) is 31.2 Å². The molecule has 106 valence electrons. The van der Waals surface area contributed by atoms with E-state index in [9.17, 15) is 4.79 Å². The Morgan fingerprint density at radius 1 is 1.14 bits per heavy atom. The molecule has 0 fully saturated rings. The topological polar surface area (TPSA) is 68.3 Å². The highest BCUT2D eigenvalue weighted by Gasteiger charge is 2.23. The van der Waals surface area contributed by atoms with Crippen molar-refractivity contribution in [3.05, 3.63) is 59.5 Å². The van der Waals surface area contributed by atoms with Gasteiger partial charge in [0, 0.05) is 5.69 Å². The van der Waals surface area contributed by atoms with Gasteiger partial charge >= 0.3 is 0 Å². The van der Waals surface area contributed by atoms with Crippen LogP contribution in [0.4, 0.5) is 5.69 Å². The summed E-state index contributed by atoms with van der Waals surface area (Å²) in [6.07, 6.45) is 1.53. The van der Waals surface area contributed by atoms with E-state index >= 15 is 0 Å². The molecule has 0 bridgehead atoms. The van der Waals surface area contributed by atoms with Crippen molar-refractivity contribution in [1.29, 1.82) is 0 Å². The lowest BCUT2D eigenvalue weighted by molar-refractivity contribution is 0.102. The number of furan rings is 1. The van der Waals surface area contributed by atoms with Crippen LogP contribution in [-0.2, 0) is 0 Å². The van der Waals surface area contributed by atoms with Gasteiger partial charge in [-0.05, 0) is 37.6 Å². The summed E-state index contributed by atoms with van der Waals surface area (Å²) in [7, 11) is 0. The summed E-state index contributed by atoms with van der Waals surface area (Å²) < 4.78 is 10.4. The molecule has 0 unspecified atom stereocenters. The lowest BCUT2D eigenvalue weighted by Crippen LogP contribution is -2.14. The summed E-state index contributed by atoms with van der Waals surface area (Å²) in [5.41, 5.74) is 2.53. The van der Waals surface area contributed by atoms with Crippen LogP contribution in [0.1, 0.15) is 21.7 Å². The van der Waals surface area contributed by atoms with Crippen molar-refractivity contribution in [2.45, 2.75) is 13.8 Å². The first-order valence-electron chi connectivity index (χ1n) is 6.54. The van der Waals surface area contributed by atoms with Gasteiger partial charge in [0.1, 0.15) is 11.3 Å². The van der Waals surface area contributed by atoms with Gasteiger partial charge in [-0.1, -0.05) is 23.4 Å². The van der Waals surface area contributed by atoms with Crippen LogP contribution in [0.2, 0.25) is 0 Å². The molecule has 1 aromatic carbocycles. The molecule has 0 saturated carbocycles. The second-order valence-corrected chi connectivity index (χ2v) is 4.71. The van der Waals surface area contributed by atoms with Crippen LogP contribution in [-0.4, -0.2) is 11.1 Å². The van der Waals surface area contributed by atoms with Gasteiger partial charge in [-0.3, -0.25) is 4.79 Å². The third-order valence-electron chi connectivity index (χ3n) is 3.24. The van der Waals surface area contributed by atoms with Crippen molar-refractivity contribution in [3.63, 3.8) is 0 Å². The Labute approximate surface area is 121 Å². The lowest BCUT2D eigenvalue weighted by atomic mass is 10.1. The quantitative estimate of drug-likeness (QED) is 0.793. The molecule has 0 aliphatic rings. The minimum absolute atomic E-state index is 0.269. The summed E-state index contributed by atoms with van der Waals surface area (Å²) in [6.45, 7) is 3.63. The molecule has 0 radical (unpaired) electrons. The van der Waals surface area contributed by atoms with Crippen LogP contribution in [0.3, 0.4) is 0 Å². The highest BCUT2D eigenvalue weighted by atomic mass is 16.5. The number of carbonyl (C=O) groups is 1. The maximum absolute atomic E-state index is 12.5. The summed E-state index contributed by atoms with van der Waals surface area (Å²) in [4.78, 5) is 12.5. The number of para-hydroxylation sites is 1. The number of aryl methyl sites for hydroxylation is 2. The maximum atomic E-state index is 12.5. The minimum Gasteiger partial charge on any atom is -0.463 e. The maximum Gasteiger partial charge on any atom is 0.261 e. The van der Waals surface area contributed by atoms with Gasteiger partial charge in [0.25, 0.3) is 5.91 Å². The second-order valence-electron chi connectivity index (χ2n) is 4.71. The molecule has 2 aromatic heterocycles. The standard InChI is InChI=1S/C16H14N2O3/c1-10-6-3-4-7-12(10)17-16(19)14-11(2)21-18-15(14)13-8-5-9-20-13/h3-9H,1-2H3,(H,17,19). The molecular formula is C16H14N2O3. The van der Waals surface area contributed by atoms with E-state index in [0.29, 0.717) is 22.8 Å². The smallest absolute Gasteiger partial charge is 0.261 e. The molecule has 3 rings (SSSR count). The summed E-state index contributed by atoms with van der Waals surface area (Å²) >= 11 is 0. The zero-order chi connectivity index (χ0) is 14.8. The molecule has 0 aliphatic carbocycles. The Kier molecular flexibility index (Phi) is 3.31. The van der Waals surface area contributed by atoms with Crippen LogP contribution < -0.4 is 5.32 Å². The molecule has 0 saturated heterocycles. The van der Waals surface area contributed by atoms with Crippen molar-refractivity contribution in [1.82, 2.24) is 5.16 Å². The number of anilines is 1. The first kappa shape index (κ1) is 13.2. The molecule has 0 atom stereocenters. The fraction of sp³-hybridized carbons (Fsp3) is 0.125. The summed E-state index contributed by atoms with van der Waals surface area (Å²) in [5.74, 6) is 0.684. The summed E-state index contributed by atoms with van der Waals surface area (Å²) in [6, 6.07) is 11.1. The van der Waals surface area contributed by atoms with Gasteiger partial charge in [0.2, 0.25) is 0 Å². The molecule has 5 nitrogen and oxygen atoms in total. The molecule has 5 heteroatoms. The van der Waals surface area contributed by atoms with Gasteiger partial charge in [0.15, 0.2) is 11.5 Å². The van der Waals surface area contributed by atoms with E-state index in [2.05, 4.69) is 10.5 Å². The average molecular weight is 282 g/mol. The van der Waals surface area contributed by atoms with Gasteiger partial charge in [-0.25, -0.2) is 0 Å². The van der Waals surface area contributed by atoms with Crippen molar-refractivity contribution in [2.75, 3.05) is 5.32 Å². The largest absolute Gasteiger partial charge is 0.463 e. The Balaban J connectivity index is 1.96. The number of hydrogen-bond donors (Lipinski definition) is 1. The van der Waals surface area contributed by atoms with E-state index in [1.165, 1.54) is 6.26 Å². The van der Waals surface area contributed by atoms with Crippen molar-refractivity contribution >= 4 is 11.6 Å². The number of rotatable bonds is 3. The molecule has 21 heavy (non-hydrogen) atoms. The van der Waals surface area contributed by atoms with E-state index in [-0.39, 0.29) is 5.91 Å². The van der Waals surface area contributed by atoms with Crippen molar-refractivity contribution in [2.24, 2.45) is 0 Å². The molecule has 1 N–H and O–H groups in total. The van der Waals surface area contributed by atoms with Crippen LogP contribution in [0.5, 0.6) is 0 Å². The van der Waals surface area contributed by atoms with E-state index in [1.54, 1.807) is 19.1 Å². The Morgan fingerprint density at radius 2 is 1.95 bits per heavy atom. The van der Waals surface area contributed by atoms with E-state index < -0.39 is 0 Å². The van der Waals surface area contributed by atoms with Gasteiger partial charge in [-0.2, -0.15) is 0 Å². The van der Waals surface area contributed by atoms with Gasteiger partial charge in [0.05, 0.1) is 6.26 Å². The zero-order valence-corrected chi connectivity index (χ0v) is 11.7. The van der Waals surface area contributed by atoms with E-state index in [4.69, 9.17) is 8.94 Å². The normalized spacial score (nSPS) is 10.6. The first-order chi connectivity index (χ1) is 10.2. The third kappa shape index (κ3) is 2.45. The molecule has 1 amide bonds. The fourth-order valence-corrected chi connectivity index (χ4v) is 2.12. The number of aromatic nitrogens is 1. The number of amides is 1. The Hall–Kier alpha value is -2.82. The Morgan fingerprint density at radius 3 is 2.67 bits per heavy atom. The van der Waals surface area contributed by atoms with Crippen LogP contribution in [0, 0.1) is 13.8 Å². The van der Waals surface area contributed by atoms with Crippen LogP contribution in [0.25, 0.3) is 11.5 Å². The average Bonchev–Trinajstić information content (AvgIpc) is 3.10. The predicted octanol–water partition coefficient (Wildman–Crippen LogP) is 3.80. The Bertz CT molecular complexity index is 773. The number of hydrogen-bond acceptors (Lipinski definition) is 4. The second kappa shape index (κ2) is 5.28. The van der Waals surface area contributed by atoms with Crippen molar-refractivity contribution in [3.8, 4) is 11.5 Å². The molecule has 0 spiro atoms. The van der Waals surface area contributed by atoms with Crippen LogP contribution in [0.15, 0.2) is 51.6 Å². The van der Waals surface area contributed by atoms with E-state index in [0.717, 1.165) is 11.3 Å². The predicted molar refractivity (Wildman–Crippen MR) is 78.1 cm³/mol. The summed E-state index contributed by atoms with van der Waals surface area (Å²) in [5, 5.41) is 6.79. The minimum atomic E-state index is -0.269. The highest BCUT2D eigenvalue weighted by molar-refractivity contribution is 6.08. The monoisotopic (exact) mass is 282 g/mol. The number of nitrogens with one attached hydrogen (secondary N) is 1. The fourth-order valence-electron chi connectivity index (χ4n) is 2.12. The van der Waals surface area contributed by atoms with Crippen LogP contribution >= 0.6 is 0 Å². The van der Waals surface area contributed by atoms with Crippen molar-refractivity contribution < 1.29 is 13.7 Å². The number of nitrogens with zero attached hydrogens (tertiary/aromatic N) is 1. The van der Waals surface area contributed by atoms with Gasteiger partial charge in [-0.15, -0.1) is 0 Å². The highest BCUT2D eigenvalue weighted by Crippen LogP contribution is 2.26. The molecule has 0 aliphatic heterocycles. The molecule has 2 heterocycles. The number of benzene rings is 1. The third-order valence-corrected chi connectivity index (χ3v) is 3.24. The van der Waals surface area contributed by atoms with Gasteiger partial charge < -0.3 is 14.3 Å². The molecule has 3 aromatic rings. The number of carbonyl (C=O) groups excluding carboxylic acids is 1. The lowest BCUT2D eigenvalue weighted by Gasteiger charge is -2.07. The first-order valence-corrected chi connectivity index (χ1v) is 6.54. The zero-order valence-electron chi connectivity index (χ0n) is 11.7.